The number of ether oxygens (including phenoxy) is 2. The lowest BCUT2D eigenvalue weighted by Gasteiger charge is -2.15. The van der Waals surface area contributed by atoms with Gasteiger partial charge < -0.3 is 14.8 Å². The second-order valence-electron chi connectivity index (χ2n) is 5.62. The number of nitrogens with one attached hydrogen (secondary N) is 1. The highest BCUT2D eigenvalue weighted by atomic mass is 16.6. The van der Waals surface area contributed by atoms with E-state index in [1.807, 2.05) is 0 Å². The molecule has 0 spiro atoms. The first-order chi connectivity index (χ1) is 13.5. The molecular formula is C19H21N3O6. The van der Waals surface area contributed by atoms with E-state index < -0.39 is 29.5 Å². The number of rotatable bonds is 8. The van der Waals surface area contributed by atoms with Crippen molar-refractivity contribution in [2.75, 3.05) is 18.5 Å². The van der Waals surface area contributed by atoms with Gasteiger partial charge in [0.25, 0.3) is 5.91 Å². The van der Waals surface area contributed by atoms with Crippen LogP contribution in [0.5, 0.6) is 0 Å². The summed E-state index contributed by atoms with van der Waals surface area (Å²) in [5.74, 6) is -3.21. The van der Waals surface area contributed by atoms with Crippen molar-refractivity contribution in [3.05, 3.63) is 58.6 Å². The van der Waals surface area contributed by atoms with Gasteiger partial charge in [-0.05, 0) is 32.0 Å². The third-order valence-corrected chi connectivity index (χ3v) is 3.67. The second kappa shape index (κ2) is 10.0. The number of aromatic nitrogens is 2. The number of amides is 1. The van der Waals surface area contributed by atoms with Gasteiger partial charge in [0.2, 0.25) is 0 Å². The van der Waals surface area contributed by atoms with Crippen molar-refractivity contribution in [2.24, 2.45) is 5.92 Å². The van der Waals surface area contributed by atoms with Crippen molar-refractivity contribution in [3.63, 3.8) is 0 Å². The molecule has 1 amide bonds. The van der Waals surface area contributed by atoms with Gasteiger partial charge in [-0.2, -0.15) is 4.98 Å². The zero-order valence-corrected chi connectivity index (χ0v) is 15.6. The first-order valence-electron chi connectivity index (χ1n) is 8.73. The maximum atomic E-state index is 12.3. The van der Waals surface area contributed by atoms with Gasteiger partial charge in [0, 0.05) is 11.8 Å². The first-order valence-corrected chi connectivity index (χ1v) is 8.73. The van der Waals surface area contributed by atoms with E-state index in [-0.39, 0.29) is 25.6 Å². The maximum Gasteiger partial charge on any atom is 0.349 e. The lowest BCUT2D eigenvalue weighted by molar-refractivity contribution is -0.162. The molecular weight excluding hydrogens is 366 g/mol. The molecule has 1 N–H and O–H groups in total. The number of carbonyl (C=O) groups is 3. The average molecular weight is 387 g/mol. The lowest BCUT2D eigenvalue weighted by atomic mass is 10.1. The SMILES string of the molecule is CCOC(=O)C(Cn1ccc(NC(=O)c2ccccc2)nc1=O)C(=O)OCC. The van der Waals surface area contributed by atoms with Crippen LogP contribution in [0.3, 0.4) is 0 Å². The number of hydrogen-bond donors (Lipinski definition) is 1. The Morgan fingerprint density at radius 1 is 1.04 bits per heavy atom. The molecule has 1 aromatic heterocycles. The average Bonchev–Trinajstić information content (AvgIpc) is 2.68. The minimum atomic E-state index is -1.29. The molecule has 1 heterocycles. The van der Waals surface area contributed by atoms with E-state index in [4.69, 9.17) is 9.47 Å². The van der Waals surface area contributed by atoms with Gasteiger partial charge in [-0.3, -0.25) is 19.0 Å². The Labute approximate surface area is 161 Å². The molecule has 1 aromatic carbocycles. The van der Waals surface area contributed by atoms with Crippen LogP contribution in [0.2, 0.25) is 0 Å². The number of carbonyl (C=O) groups excluding carboxylic acids is 3. The molecule has 0 radical (unpaired) electrons. The van der Waals surface area contributed by atoms with E-state index >= 15 is 0 Å². The molecule has 0 atom stereocenters. The van der Waals surface area contributed by atoms with Gasteiger partial charge >= 0.3 is 17.6 Å². The summed E-state index contributed by atoms with van der Waals surface area (Å²) in [6.07, 6.45) is 1.33. The van der Waals surface area contributed by atoms with Crippen LogP contribution >= 0.6 is 0 Å². The number of hydrogen-bond acceptors (Lipinski definition) is 7. The molecule has 148 valence electrons. The van der Waals surface area contributed by atoms with E-state index in [0.29, 0.717) is 5.56 Å². The van der Waals surface area contributed by atoms with Gasteiger partial charge in [0.05, 0.1) is 19.8 Å². The fourth-order valence-corrected chi connectivity index (χ4v) is 2.34. The monoisotopic (exact) mass is 387 g/mol. The van der Waals surface area contributed by atoms with Crippen LogP contribution in [-0.2, 0) is 25.6 Å². The molecule has 0 saturated carbocycles. The van der Waals surface area contributed by atoms with Gasteiger partial charge in [-0.15, -0.1) is 0 Å². The van der Waals surface area contributed by atoms with E-state index in [9.17, 15) is 19.2 Å². The van der Waals surface area contributed by atoms with Crippen LogP contribution in [0.4, 0.5) is 5.82 Å². The van der Waals surface area contributed by atoms with E-state index in [1.54, 1.807) is 44.2 Å². The molecule has 0 aliphatic heterocycles. The van der Waals surface area contributed by atoms with Crippen molar-refractivity contribution in [3.8, 4) is 0 Å². The van der Waals surface area contributed by atoms with E-state index in [2.05, 4.69) is 10.3 Å². The highest BCUT2D eigenvalue weighted by Crippen LogP contribution is 2.09. The van der Waals surface area contributed by atoms with Crippen LogP contribution in [-0.4, -0.2) is 40.6 Å². The molecule has 9 heteroatoms. The highest BCUT2D eigenvalue weighted by Gasteiger charge is 2.30. The minimum Gasteiger partial charge on any atom is -0.465 e. The van der Waals surface area contributed by atoms with Crippen molar-refractivity contribution >= 4 is 23.7 Å². The van der Waals surface area contributed by atoms with Crippen LogP contribution in [0, 0.1) is 5.92 Å². The van der Waals surface area contributed by atoms with Crippen molar-refractivity contribution in [1.29, 1.82) is 0 Å². The summed E-state index contributed by atoms with van der Waals surface area (Å²) in [7, 11) is 0. The van der Waals surface area contributed by atoms with Crippen LogP contribution in [0.15, 0.2) is 47.4 Å². The quantitative estimate of drug-likeness (QED) is 0.535. The Hall–Kier alpha value is -3.49. The standard InChI is InChI=1S/C19H21N3O6/c1-3-27-17(24)14(18(25)28-4-2)12-22-11-10-15(21-19(22)26)20-16(23)13-8-6-5-7-9-13/h5-11,14H,3-4,12H2,1-2H3,(H,20,21,23,26). The zero-order chi connectivity index (χ0) is 20.5. The summed E-state index contributed by atoms with van der Waals surface area (Å²) < 4.78 is 10.8. The molecule has 0 fully saturated rings. The first kappa shape index (κ1) is 20.8. The molecule has 0 bridgehead atoms. The molecule has 0 aliphatic carbocycles. The third kappa shape index (κ3) is 5.50. The Kier molecular flexibility index (Phi) is 7.44. The summed E-state index contributed by atoms with van der Waals surface area (Å²) in [5.41, 5.74) is -0.317. The predicted octanol–water partition coefficient (Wildman–Crippen LogP) is 1.24. The highest BCUT2D eigenvalue weighted by molar-refractivity contribution is 6.03. The van der Waals surface area contributed by atoms with Gasteiger partial charge in [-0.1, -0.05) is 18.2 Å². The van der Waals surface area contributed by atoms with Crippen molar-refractivity contribution in [1.82, 2.24) is 9.55 Å². The zero-order valence-electron chi connectivity index (χ0n) is 15.6. The summed E-state index contributed by atoms with van der Waals surface area (Å²) in [6.45, 7) is 3.12. The summed E-state index contributed by atoms with van der Waals surface area (Å²) >= 11 is 0. The topological polar surface area (TPSA) is 117 Å². The van der Waals surface area contributed by atoms with Crippen LogP contribution < -0.4 is 11.0 Å². The molecule has 2 rings (SSSR count). The number of anilines is 1. The van der Waals surface area contributed by atoms with Gasteiger partial charge in [-0.25, -0.2) is 4.79 Å². The third-order valence-electron chi connectivity index (χ3n) is 3.67. The van der Waals surface area contributed by atoms with E-state index in [0.717, 1.165) is 4.57 Å². The van der Waals surface area contributed by atoms with Crippen molar-refractivity contribution in [2.45, 2.75) is 20.4 Å². The summed E-state index contributed by atoms with van der Waals surface area (Å²) in [6, 6.07) is 9.85. The molecule has 0 unspecified atom stereocenters. The van der Waals surface area contributed by atoms with E-state index in [1.165, 1.54) is 12.3 Å². The molecule has 2 aromatic rings. The summed E-state index contributed by atoms with van der Waals surface area (Å²) in [4.78, 5) is 52.2. The Balaban J connectivity index is 2.15. The molecule has 0 aliphatic rings. The maximum absolute atomic E-state index is 12.3. The van der Waals surface area contributed by atoms with Crippen LogP contribution in [0.25, 0.3) is 0 Å². The molecule has 28 heavy (non-hydrogen) atoms. The largest absolute Gasteiger partial charge is 0.465 e. The lowest BCUT2D eigenvalue weighted by Crippen LogP contribution is -2.36. The minimum absolute atomic E-state index is 0.0546. The molecule has 9 nitrogen and oxygen atoms in total. The normalized spacial score (nSPS) is 10.4. The second-order valence-corrected chi connectivity index (χ2v) is 5.62. The summed E-state index contributed by atoms with van der Waals surface area (Å²) in [5, 5.41) is 2.52. The predicted molar refractivity (Wildman–Crippen MR) is 99.6 cm³/mol. The number of esters is 2. The Morgan fingerprint density at radius 3 is 2.18 bits per heavy atom. The smallest absolute Gasteiger partial charge is 0.349 e. The number of nitrogens with zero attached hydrogens (tertiary/aromatic N) is 2. The number of benzene rings is 1. The molecule has 0 saturated heterocycles. The van der Waals surface area contributed by atoms with Gasteiger partial charge in [0.15, 0.2) is 5.92 Å². The Bertz CT molecular complexity index is 876. The van der Waals surface area contributed by atoms with Crippen molar-refractivity contribution < 1.29 is 23.9 Å². The van der Waals surface area contributed by atoms with Crippen LogP contribution in [0.1, 0.15) is 24.2 Å². The fraction of sp³-hybridized carbons (Fsp3) is 0.316. The Morgan fingerprint density at radius 2 is 1.64 bits per heavy atom. The fourth-order valence-electron chi connectivity index (χ4n) is 2.34. The van der Waals surface area contributed by atoms with Gasteiger partial charge in [0.1, 0.15) is 5.82 Å².